The highest BCUT2D eigenvalue weighted by molar-refractivity contribution is 6.05. The van der Waals surface area contributed by atoms with Gasteiger partial charge in [0.2, 0.25) is 5.91 Å². The van der Waals surface area contributed by atoms with Crippen molar-refractivity contribution in [3.63, 3.8) is 0 Å². The summed E-state index contributed by atoms with van der Waals surface area (Å²) in [5.74, 6) is 0.278. The van der Waals surface area contributed by atoms with Gasteiger partial charge in [0.05, 0.1) is 5.69 Å². The van der Waals surface area contributed by atoms with Gasteiger partial charge in [0, 0.05) is 12.7 Å². The van der Waals surface area contributed by atoms with Crippen molar-refractivity contribution < 1.29 is 14.3 Å². The van der Waals surface area contributed by atoms with Gasteiger partial charge in [0.15, 0.2) is 6.61 Å². The Labute approximate surface area is 141 Å². The molecule has 0 saturated heterocycles. The first-order valence-corrected chi connectivity index (χ1v) is 7.83. The predicted octanol–water partition coefficient (Wildman–Crippen LogP) is 2.69. The summed E-state index contributed by atoms with van der Waals surface area (Å²) in [5, 5.41) is 0. The molecule has 1 aliphatic heterocycles. The van der Waals surface area contributed by atoms with Crippen LogP contribution in [0.3, 0.4) is 0 Å². The molecule has 124 valence electrons. The van der Waals surface area contributed by atoms with E-state index in [1.807, 2.05) is 56.3 Å². The molecule has 0 N–H and O–H groups in total. The van der Waals surface area contributed by atoms with Crippen LogP contribution < -0.4 is 14.5 Å². The van der Waals surface area contributed by atoms with Crippen molar-refractivity contribution in [1.29, 1.82) is 0 Å². The minimum atomic E-state index is -0.211. The Morgan fingerprint density at radius 3 is 2.67 bits per heavy atom. The zero-order valence-corrected chi connectivity index (χ0v) is 14.1. The highest BCUT2D eigenvalue weighted by atomic mass is 16.5. The number of nitrogens with zero attached hydrogens (tertiary/aromatic N) is 2. The number of fused-ring (bicyclic) bond motifs is 1. The van der Waals surface area contributed by atoms with Gasteiger partial charge in [-0.1, -0.05) is 18.2 Å². The summed E-state index contributed by atoms with van der Waals surface area (Å²) in [7, 11) is 1.72. The van der Waals surface area contributed by atoms with Crippen molar-refractivity contribution in [2.75, 3.05) is 30.0 Å². The highest BCUT2D eigenvalue weighted by Crippen LogP contribution is 2.32. The lowest BCUT2D eigenvalue weighted by molar-refractivity contribution is -0.124. The van der Waals surface area contributed by atoms with Gasteiger partial charge in [-0.05, 0) is 49.2 Å². The van der Waals surface area contributed by atoms with Gasteiger partial charge in [-0.3, -0.25) is 14.5 Å². The Bertz CT molecular complexity index is 801. The van der Waals surface area contributed by atoms with E-state index in [9.17, 15) is 9.59 Å². The largest absolute Gasteiger partial charge is 0.482 e. The van der Waals surface area contributed by atoms with Gasteiger partial charge in [0.1, 0.15) is 12.3 Å². The van der Waals surface area contributed by atoms with E-state index in [0.717, 1.165) is 16.8 Å². The van der Waals surface area contributed by atoms with E-state index in [-0.39, 0.29) is 25.0 Å². The van der Waals surface area contributed by atoms with E-state index in [2.05, 4.69) is 0 Å². The molecule has 0 bridgehead atoms. The smallest absolute Gasteiger partial charge is 0.265 e. The quantitative estimate of drug-likeness (QED) is 0.872. The molecule has 24 heavy (non-hydrogen) atoms. The van der Waals surface area contributed by atoms with Crippen LogP contribution in [0.25, 0.3) is 0 Å². The molecule has 0 radical (unpaired) electrons. The number of carbonyl (C=O) groups is 2. The fourth-order valence-electron chi connectivity index (χ4n) is 2.71. The molecule has 2 amide bonds. The lowest BCUT2D eigenvalue weighted by Gasteiger charge is -2.30. The zero-order valence-electron chi connectivity index (χ0n) is 14.1. The van der Waals surface area contributed by atoms with Gasteiger partial charge in [-0.25, -0.2) is 0 Å². The predicted molar refractivity (Wildman–Crippen MR) is 93.6 cm³/mol. The third-order valence-corrected chi connectivity index (χ3v) is 4.11. The minimum absolute atomic E-state index is 0.0112. The van der Waals surface area contributed by atoms with Crippen molar-refractivity contribution in [2.24, 2.45) is 0 Å². The summed E-state index contributed by atoms with van der Waals surface area (Å²) in [6.07, 6.45) is 0. The third kappa shape index (κ3) is 3.11. The number of amides is 2. The van der Waals surface area contributed by atoms with E-state index in [0.29, 0.717) is 11.4 Å². The summed E-state index contributed by atoms with van der Waals surface area (Å²) in [4.78, 5) is 27.9. The molecule has 0 saturated carbocycles. The summed E-state index contributed by atoms with van der Waals surface area (Å²) < 4.78 is 5.47. The van der Waals surface area contributed by atoms with Crippen LogP contribution in [-0.2, 0) is 9.59 Å². The Balaban J connectivity index is 1.83. The molecular formula is C19H20N2O3. The first kappa shape index (κ1) is 16.1. The van der Waals surface area contributed by atoms with E-state index >= 15 is 0 Å². The Hall–Kier alpha value is -2.82. The second-order valence-electron chi connectivity index (χ2n) is 6.03. The van der Waals surface area contributed by atoms with Crippen LogP contribution in [0.15, 0.2) is 42.5 Å². The van der Waals surface area contributed by atoms with Crippen molar-refractivity contribution >= 4 is 23.2 Å². The number of carbonyl (C=O) groups excluding carboxylic acids is 2. The Morgan fingerprint density at radius 2 is 1.92 bits per heavy atom. The molecule has 0 aromatic heterocycles. The first-order chi connectivity index (χ1) is 11.5. The van der Waals surface area contributed by atoms with E-state index in [1.165, 1.54) is 4.90 Å². The van der Waals surface area contributed by atoms with E-state index in [1.54, 1.807) is 11.9 Å². The molecule has 0 fully saturated rings. The van der Waals surface area contributed by atoms with Crippen molar-refractivity contribution in [3.8, 4) is 5.75 Å². The molecular weight excluding hydrogens is 304 g/mol. The summed E-state index contributed by atoms with van der Waals surface area (Å²) in [6, 6.07) is 13.3. The maximum atomic E-state index is 12.6. The van der Waals surface area contributed by atoms with Crippen LogP contribution in [0.1, 0.15) is 11.1 Å². The number of hydrogen-bond acceptors (Lipinski definition) is 3. The molecule has 0 aliphatic carbocycles. The first-order valence-electron chi connectivity index (χ1n) is 7.83. The second kappa shape index (κ2) is 6.35. The molecule has 5 nitrogen and oxygen atoms in total. The van der Waals surface area contributed by atoms with Crippen molar-refractivity contribution in [1.82, 2.24) is 0 Å². The monoisotopic (exact) mass is 324 g/mol. The zero-order chi connectivity index (χ0) is 17.3. The molecule has 1 aliphatic rings. The maximum Gasteiger partial charge on any atom is 0.265 e. The van der Waals surface area contributed by atoms with Gasteiger partial charge < -0.3 is 9.64 Å². The van der Waals surface area contributed by atoms with Crippen LogP contribution >= 0.6 is 0 Å². The normalized spacial score (nSPS) is 13.3. The minimum Gasteiger partial charge on any atom is -0.482 e. The number of benzene rings is 2. The standard InChI is InChI=1S/C19H20N2O3/c1-13-5-4-6-15(9-13)20(3)18(22)11-21-16-8-7-14(2)10-17(16)24-12-19(21)23/h4-10H,11-12H2,1-3H3. The number of likely N-dealkylation sites (N-methyl/N-ethyl adjacent to an activating group) is 1. The van der Waals surface area contributed by atoms with Crippen molar-refractivity contribution in [2.45, 2.75) is 13.8 Å². The number of hydrogen-bond donors (Lipinski definition) is 0. The van der Waals surface area contributed by atoms with Crippen LogP contribution in [0, 0.1) is 13.8 Å². The summed E-state index contributed by atoms with van der Waals surface area (Å²) in [5.41, 5.74) is 3.58. The number of rotatable bonds is 3. The SMILES string of the molecule is Cc1cccc(N(C)C(=O)CN2C(=O)COc3cc(C)ccc32)c1. The molecule has 2 aromatic carbocycles. The summed E-state index contributed by atoms with van der Waals surface area (Å²) in [6.45, 7) is 3.88. The molecule has 0 spiro atoms. The van der Waals surface area contributed by atoms with Crippen LogP contribution in [-0.4, -0.2) is 32.0 Å². The fourth-order valence-corrected chi connectivity index (χ4v) is 2.71. The van der Waals surface area contributed by atoms with E-state index in [4.69, 9.17) is 4.74 Å². The van der Waals surface area contributed by atoms with E-state index < -0.39 is 0 Å². The fraction of sp³-hybridized carbons (Fsp3) is 0.263. The third-order valence-electron chi connectivity index (χ3n) is 4.11. The highest BCUT2D eigenvalue weighted by Gasteiger charge is 2.28. The van der Waals surface area contributed by atoms with Crippen molar-refractivity contribution in [3.05, 3.63) is 53.6 Å². The number of aryl methyl sites for hydroxylation is 2. The summed E-state index contributed by atoms with van der Waals surface area (Å²) >= 11 is 0. The van der Waals surface area contributed by atoms with Crippen LogP contribution in [0.4, 0.5) is 11.4 Å². The average molecular weight is 324 g/mol. The molecule has 0 atom stereocenters. The van der Waals surface area contributed by atoms with Crippen LogP contribution in [0.5, 0.6) is 5.75 Å². The van der Waals surface area contributed by atoms with Gasteiger partial charge in [-0.15, -0.1) is 0 Å². The van der Waals surface area contributed by atoms with Gasteiger partial charge >= 0.3 is 0 Å². The van der Waals surface area contributed by atoms with Gasteiger partial charge in [-0.2, -0.15) is 0 Å². The molecule has 3 rings (SSSR count). The molecule has 5 heteroatoms. The topological polar surface area (TPSA) is 49.9 Å². The Morgan fingerprint density at radius 1 is 1.17 bits per heavy atom. The lowest BCUT2D eigenvalue weighted by Crippen LogP contribution is -2.45. The van der Waals surface area contributed by atoms with Crippen LogP contribution in [0.2, 0.25) is 0 Å². The molecule has 1 heterocycles. The van der Waals surface area contributed by atoms with Gasteiger partial charge in [0.25, 0.3) is 5.91 Å². The second-order valence-corrected chi connectivity index (χ2v) is 6.03. The molecule has 0 unspecified atom stereocenters. The number of ether oxygens (including phenoxy) is 1. The molecule has 2 aromatic rings. The number of anilines is 2. The Kier molecular flexibility index (Phi) is 4.25. The maximum absolute atomic E-state index is 12.6. The lowest BCUT2D eigenvalue weighted by atomic mass is 10.1. The average Bonchev–Trinajstić information content (AvgIpc) is 2.56.